The van der Waals surface area contributed by atoms with E-state index in [-0.39, 0.29) is 38.5 Å². The van der Waals surface area contributed by atoms with Crippen LogP contribution in [0.1, 0.15) is 36.6 Å². The zero-order valence-corrected chi connectivity index (χ0v) is 21.2. The van der Waals surface area contributed by atoms with E-state index in [0.717, 1.165) is 10.7 Å². The lowest BCUT2D eigenvalue weighted by Crippen LogP contribution is -2.16. The van der Waals surface area contributed by atoms with Crippen molar-refractivity contribution in [2.75, 3.05) is 21.2 Å². The quantitative estimate of drug-likeness (QED) is 0.209. The summed E-state index contributed by atoms with van der Waals surface area (Å²) in [5, 5.41) is 5.08. The van der Waals surface area contributed by atoms with Crippen molar-refractivity contribution in [3.05, 3.63) is 87.7 Å². The molecule has 0 unspecified atom stereocenters. The molecule has 0 saturated carbocycles. The molecule has 0 saturated heterocycles. The van der Waals surface area contributed by atoms with Crippen LogP contribution in [0.4, 0.5) is 4.39 Å². The Labute approximate surface area is 216 Å². The highest BCUT2D eigenvalue weighted by Crippen LogP contribution is 2.32. The number of aliphatic imine (C=N–C) groups is 1. The maximum atomic E-state index is 15.2. The largest absolute Gasteiger partial charge is 0.465 e. The van der Waals surface area contributed by atoms with Gasteiger partial charge in [0.15, 0.2) is 0 Å². The molecule has 1 aromatic heterocycles. The number of amides is 1. The number of hydrogen-bond acceptors (Lipinski definition) is 5. The monoisotopic (exact) mass is 520 g/mol. The first-order valence-corrected chi connectivity index (χ1v) is 11.5. The van der Waals surface area contributed by atoms with Crippen molar-refractivity contribution in [3.63, 3.8) is 0 Å². The Bertz CT molecular complexity index is 1570. The number of methoxy groups -OCH3 is 1. The van der Waals surface area contributed by atoms with Crippen LogP contribution in [0, 0.1) is 12.7 Å². The van der Waals surface area contributed by atoms with Gasteiger partial charge in [-0.15, -0.1) is 0 Å². The summed E-state index contributed by atoms with van der Waals surface area (Å²) in [6.07, 6.45) is 1.37. The number of esters is 1. The first-order valence-electron chi connectivity index (χ1n) is 11.1. The second kappa shape index (κ2) is 10.3. The van der Waals surface area contributed by atoms with Crippen LogP contribution in [-0.2, 0) is 4.74 Å². The van der Waals surface area contributed by atoms with Gasteiger partial charge in [-0.3, -0.25) is 9.59 Å². The van der Waals surface area contributed by atoms with Gasteiger partial charge in [-0.05, 0) is 55.0 Å². The molecular formula is C27H22ClFN4O4. The molecule has 4 rings (SSSR count). The minimum Gasteiger partial charge on any atom is -0.465 e. The summed E-state index contributed by atoms with van der Waals surface area (Å²) < 4.78 is 20.9. The first-order chi connectivity index (χ1) is 17.6. The zero-order valence-electron chi connectivity index (χ0n) is 20.5. The van der Waals surface area contributed by atoms with Crippen LogP contribution in [0.25, 0.3) is 22.2 Å². The third kappa shape index (κ3) is 4.99. The van der Waals surface area contributed by atoms with Crippen molar-refractivity contribution in [2.24, 2.45) is 4.99 Å². The fraction of sp³-hybridized carbons (Fsp3) is 0.148. The Morgan fingerprint density at radius 2 is 1.81 bits per heavy atom. The fourth-order valence-corrected chi connectivity index (χ4v) is 4.11. The molecule has 0 spiro atoms. The van der Waals surface area contributed by atoms with Gasteiger partial charge in [-0.25, -0.2) is 9.18 Å². The highest BCUT2D eigenvalue weighted by Gasteiger charge is 2.24. The Kier molecular flexibility index (Phi) is 7.17. The molecule has 188 valence electrons. The number of fused-ring (bicyclic) bond motifs is 1. The minimum absolute atomic E-state index is 0.0295. The topological polar surface area (TPSA) is 93.9 Å². The predicted molar refractivity (Wildman–Crippen MR) is 139 cm³/mol. The number of nitrogens with zero attached hydrogens (tertiary/aromatic N) is 4. The summed E-state index contributed by atoms with van der Waals surface area (Å²) in [5.74, 6) is -2.49. The van der Waals surface area contributed by atoms with Crippen molar-refractivity contribution in [1.82, 2.24) is 14.7 Å². The van der Waals surface area contributed by atoms with Crippen LogP contribution >= 0.6 is 11.6 Å². The summed E-state index contributed by atoms with van der Waals surface area (Å²) in [6, 6.07) is 13.5. The van der Waals surface area contributed by atoms with Gasteiger partial charge in [-0.1, -0.05) is 23.7 Å². The number of benzene rings is 3. The summed E-state index contributed by atoms with van der Waals surface area (Å²) in [7, 11) is 4.66. The number of carbonyl (C=O) groups is 3. The fourth-order valence-electron chi connectivity index (χ4n) is 3.80. The average molecular weight is 521 g/mol. The molecule has 1 amide bonds. The third-order valence-corrected chi connectivity index (χ3v) is 5.92. The van der Waals surface area contributed by atoms with E-state index in [9.17, 15) is 14.4 Å². The lowest BCUT2D eigenvalue weighted by molar-refractivity contribution is 0.0600. The van der Waals surface area contributed by atoms with Gasteiger partial charge in [-0.2, -0.15) is 14.8 Å². The van der Waals surface area contributed by atoms with Gasteiger partial charge in [0.1, 0.15) is 11.5 Å². The summed E-state index contributed by atoms with van der Waals surface area (Å²) in [5.41, 5.74) is 1.57. The van der Waals surface area contributed by atoms with E-state index in [2.05, 4.69) is 14.8 Å². The molecule has 0 radical (unpaired) electrons. The summed E-state index contributed by atoms with van der Waals surface area (Å²) in [4.78, 5) is 43.6. The van der Waals surface area contributed by atoms with Crippen molar-refractivity contribution in [3.8, 4) is 11.3 Å². The molecule has 10 heteroatoms. The molecule has 8 nitrogen and oxygen atoms in total. The number of hydrogen-bond donors (Lipinski definition) is 0. The lowest BCUT2D eigenvalue weighted by Gasteiger charge is -2.08. The SMILES string of the molecule is COC(=O)c1ccc(-c2nn(C(=O)c3c(C)cccc3Cl)c3cc(C(=O)N=CN(C)C)ccc23)c(F)c1. The van der Waals surface area contributed by atoms with E-state index in [1.54, 1.807) is 50.2 Å². The highest BCUT2D eigenvalue weighted by atomic mass is 35.5. The van der Waals surface area contributed by atoms with Gasteiger partial charge in [0.2, 0.25) is 0 Å². The van der Waals surface area contributed by atoms with Crippen molar-refractivity contribution in [1.29, 1.82) is 0 Å². The maximum Gasteiger partial charge on any atom is 0.337 e. The van der Waals surface area contributed by atoms with E-state index in [4.69, 9.17) is 11.6 Å². The number of aryl methyl sites for hydroxylation is 1. The van der Waals surface area contributed by atoms with Crippen LogP contribution in [0.3, 0.4) is 0 Å². The molecule has 3 aromatic carbocycles. The average Bonchev–Trinajstić information content (AvgIpc) is 3.25. The highest BCUT2D eigenvalue weighted by molar-refractivity contribution is 6.34. The maximum absolute atomic E-state index is 15.2. The van der Waals surface area contributed by atoms with E-state index >= 15 is 4.39 Å². The van der Waals surface area contributed by atoms with E-state index < -0.39 is 23.6 Å². The predicted octanol–water partition coefficient (Wildman–Crippen LogP) is 5.01. The number of halogens is 2. The van der Waals surface area contributed by atoms with Gasteiger partial charge in [0.25, 0.3) is 11.8 Å². The number of aromatic nitrogens is 2. The van der Waals surface area contributed by atoms with Crippen molar-refractivity contribution in [2.45, 2.75) is 6.92 Å². The Morgan fingerprint density at radius 1 is 1.08 bits per heavy atom. The van der Waals surface area contributed by atoms with Gasteiger partial charge in [0, 0.05) is 30.6 Å². The molecule has 0 aliphatic rings. The molecule has 4 aromatic rings. The van der Waals surface area contributed by atoms with Gasteiger partial charge >= 0.3 is 5.97 Å². The van der Waals surface area contributed by atoms with Crippen molar-refractivity contribution >= 4 is 46.6 Å². The van der Waals surface area contributed by atoms with Crippen LogP contribution in [0.5, 0.6) is 0 Å². The van der Waals surface area contributed by atoms with Crippen LogP contribution in [-0.4, -0.2) is 60.0 Å². The smallest absolute Gasteiger partial charge is 0.337 e. The van der Waals surface area contributed by atoms with E-state index in [1.807, 2.05) is 0 Å². The Hall–Kier alpha value is -4.37. The van der Waals surface area contributed by atoms with Crippen LogP contribution in [0.2, 0.25) is 5.02 Å². The molecule has 0 fully saturated rings. The number of rotatable bonds is 5. The van der Waals surface area contributed by atoms with Crippen LogP contribution < -0.4 is 0 Å². The van der Waals surface area contributed by atoms with Gasteiger partial charge in [0.05, 0.1) is 35.1 Å². The molecular weight excluding hydrogens is 499 g/mol. The van der Waals surface area contributed by atoms with E-state index in [1.165, 1.54) is 37.7 Å². The Morgan fingerprint density at radius 3 is 2.46 bits per heavy atom. The minimum atomic E-state index is -0.730. The Balaban J connectivity index is 1.94. The second-order valence-corrected chi connectivity index (χ2v) is 8.84. The molecule has 1 heterocycles. The van der Waals surface area contributed by atoms with Crippen LogP contribution in [0.15, 0.2) is 59.6 Å². The van der Waals surface area contributed by atoms with Gasteiger partial charge < -0.3 is 9.64 Å². The van der Waals surface area contributed by atoms with Crippen molar-refractivity contribution < 1.29 is 23.5 Å². The molecule has 0 bridgehead atoms. The summed E-state index contributed by atoms with van der Waals surface area (Å²) >= 11 is 6.34. The first kappa shape index (κ1) is 25.7. The molecule has 0 aliphatic carbocycles. The summed E-state index contributed by atoms with van der Waals surface area (Å²) in [6.45, 7) is 1.74. The third-order valence-electron chi connectivity index (χ3n) is 5.61. The molecule has 0 N–H and O–H groups in total. The molecule has 0 atom stereocenters. The lowest BCUT2D eigenvalue weighted by atomic mass is 10.0. The zero-order chi connectivity index (χ0) is 26.9. The number of ether oxygens (including phenoxy) is 1. The number of carbonyl (C=O) groups excluding carboxylic acids is 3. The second-order valence-electron chi connectivity index (χ2n) is 8.43. The van der Waals surface area contributed by atoms with E-state index in [0.29, 0.717) is 10.9 Å². The molecule has 0 aliphatic heterocycles. The molecule has 37 heavy (non-hydrogen) atoms. The standard InChI is InChI=1S/C27H22ClFN4O4/c1-15-6-5-7-20(28)23(15)26(35)33-22-13-16(25(34)30-14-32(2)3)8-11-19(22)24(31-33)18-10-9-17(12-21(18)29)27(36)37-4/h5-14H,1-4H3. The normalized spacial score (nSPS) is 11.2.